The molecule has 1 aromatic rings. The molecule has 2 rings (SSSR count). The topological polar surface area (TPSA) is 70.1 Å². The quantitative estimate of drug-likeness (QED) is 0.746. The van der Waals surface area contributed by atoms with Crippen LogP contribution in [0.4, 0.5) is 11.6 Å². The highest BCUT2D eigenvalue weighted by molar-refractivity contribution is 5.48. The largest absolute Gasteiger partial charge is 0.391 e. The number of hydrogen-bond acceptors (Lipinski definition) is 5. The minimum Gasteiger partial charge on any atom is -0.391 e. The summed E-state index contributed by atoms with van der Waals surface area (Å²) in [5.74, 6) is 2.52. The van der Waals surface area contributed by atoms with Crippen molar-refractivity contribution in [1.29, 1.82) is 0 Å². The minimum atomic E-state index is -0.268. The maximum absolute atomic E-state index is 10.0. The van der Waals surface area contributed by atoms with Crippen LogP contribution in [0.5, 0.6) is 0 Å². The van der Waals surface area contributed by atoms with E-state index in [4.69, 9.17) is 0 Å². The monoisotopic (exact) mass is 278 g/mol. The summed E-state index contributed by atoms with van der Waals surface area (Å²) in [6.45, 7) is 5.09. The zero-order valence-corrected chi connectivity index (χ0v) is 12.5. The van der Waals surface area contributed by atoms with E-state index in [0.717, 1.165) is 56.1 Å². The summed E-state index contributed by atoms with van der Waals surface area (Å²) in [6, 6.07) is 2.05. The lowest BCUT2D eigenvalue weighted by Gasteiger charge is -2.29. The zero-order valence-electron chi connectivity index (χ0n) is 12.5. The first-order chi connectivity index (χ1) is 9.72. The summed E-state index contributed by atoms with van der Waals surface area (Å²) in [6.07, 6.45) is 5.78. The number of anilines is 2. The molecule has 112 valence electrons. The van der Waals surface area contributed by atoms with Gasteiger partial charge in [-0.1, -0.05) is 26.7 Å². The predicted octanol–water partition coefficient (Wildman–Crippen LogP) is 2.58. The van der Waals surface area contributed by atoms with Crippen molar-refractivity contribution in [2.45, 2.75) is 64.5 Å². The minimum absolute atomic E-state index is 0.113. The van der Waals surface area contributed by atoms with Crippen LogP contribution in [0.15, 0.2) is 6.07 Å². The Morgan fingerprint density at radius 2 is 1.95 bits per heavy atom. The van der Waals surface area contributed by atoms with Gasteiger partial charge in [0.1, 0.15) is 17.5 Å². The van der Waals surface area contributed by atoms with Gasteiger partial charge in [0, 0.05) is 19.0 Å². The first-order valence-electron chi connectivity index (χ1n) is 7.79. The zero-order chi connectivity index (χ0) is 14.4. The average molecular weight is 278 g/mol. The molecule has 5 heteroatoms. The van der Waals surface area contributed by atoms with Crippen LogP contribution in [-0.4, -0.2) is 33.8 Å². The fourth-order valence-corrected chi connectivity index (χ4v) is 2.54. The van der Waals surface area contributed by atoms with Crippen molar-refractivity contribution in [3.8, 4) is 0 Å². The van der Waals surface area contributed by atoms with Gasteiger partial charge in [-0.15, -0.1) is 0 Å². The molecule has 1 heterocycles. The molecule has 0 aliphatic heterocycles. The van der Waals surface area contributed by atoms with Crippen molar-refractivity contribution in [3.05, 3.63) is 11.9 Å². The molecule has 1 aromatic heterocycles. The predicted molar refractivity (Wildman–Crippen MR) is 82.1 cm³/mol. The summed E-state index contributed by atoms with van der Waals surface area (Å²) in [5, 5.41) is 16.7. The van der Waals surface area contributed by atoms with Gasteiger partial charge in [0.25, 0.3) is 0 Å². The Morgan fingerprint density at radius 1 is 1.20 bits per heavy atom. The molecular formula is C15H26N4O. The van der Waals surface area contributed by atoms with E-state index in [-0.39, 0.29) is 12.1 Å². The van der Waals surface area contributed by atoms with Crippen LogP contribution in [0.1, 0.15) is 51.8 Å². The normalized spacial score (nSPS) is 22.6. The number of hydrogen-bond donors (Lipinski definition) is 3. The highest BCUT2D eigenvalue weighted by atomic mass is 16.3. The highest BCUT2D eigenvalue weighted by Crippen LogP contribution is 2.22. The molecule has 3 N–H and O–H groups in total. The van der Waals surface area contributed by atoms with E-state index >= 15 is 0 Å². The summed E-state index contributed by atoms with van der Waals surface area (Å²) in [5.41, 5.74) is 0. The second-order valence-corrected chi connectivity index (χ2v) is 5.44. The van der Waals surface area contributed by atoms with Gasteiger partial charge in [-0.2, -0.15) is 0 Å². The van der Waals surface area contributed by atoms with E-state index in [2.05, 4.69) is 34.4 Å². The second-order valence-electron chi connectivity index (χ2n) is 5.44. The Balaban J connectivity index is 2.08. The van der Waals surface area contributed by atoms with E-state index in [0.29, 0.717) is 0 Å². The Hall–Kier alpha value is -1.36. The highest BCUT2D eigenvalue weighted by Gasteiger charge is 2.23. The number of rotatable bonds is 6. The van der Waals surface area contributed by atoms with Gasteiger partial charge in [-0.25, -0.2) is 9.97 Å². The van der Waals surface area contributed by atoms with Crippen LogP contribution in [0, 0.1) is 0 Å². The number of aryl methyl sites for hydroxylation is 1. The molecule has 1 fully saturated rings. The third kappa shape index (κ3) is 4.07. The summed E-state index contributed by atoms with van der Waals surface area (Å²) in [7, 11) is 0. The molecule has 2 unspecified atom stereocenters. The molecule has 0 amide bonds. The lowest BCUT2D eigenvalue weighted by atomic mass is 9.92. The lowest BCUT2D eigenvalue weighted by molar-refractivity contribution is 0.116. The first-order valence-corrected chi connectivity index (χ1v) is 7.79. The van der Waals surface area contributed by atoms with E-state index in [9.17, 15) is 5.11 Å². The molecule has 5 nitrogen and oxygen atoms in total. The van der Waals surface area contributed by atoms with Crippen LogP contribution < -0.4 is 10.6 Å². The van der Waals surface area contributed by atoms with Crippen LogP contribution in [-0.2, 0) is 6.42 Å². The first kappa shape index (κ1) is 15.0. The summed E-state index contributed by atoms with van der Waals surface area (Å²) >= 11 is 0. The van der Waals surface area contributed by atoms with Crippen LogP contribution >= 0.6 is 0 Å². The Bertz CT molecular complexity index is 424. The van der Waals surface area contributed by atoms with E-state index in [1.807, 2.05) is 6.07 Å². The van der Waals surface area contributed by atoms with Crippen LogP contribution in [0.3, 0.4) is 0 Å². The molecule has 0 bridgehead atoms. The summed E-state index contributed by atoms with van der Waals surface area (Å²) in [4.78, 5) is 8.99. The maximum atomic E-state index is 10.0. The van der Waals surface area contributed by atoms with Gasteiger partial charge >= 0.3 is 0 Å². The van der Waals surface area contributed by atoms with Crippen molar-refractivity contribution < 1.29 is 5.11 Å². The van der Waals surface area contributed by atoms with Crippen molar-refractivity contribution in [1.82, 2.24) is 9.97 Å². The van der Waals surface area contributed by atoms with Crippen molar-refractivity contribution in [2.75, 3.05) is 17.2 Å². The van der Waals surface area contributed by atoms with Crippen molar-refractivity contribution in [2.24, 2.45) is 0 Å². The summed E-state index contributed by atoms with van der Waals surface area (Å²) < 4.78 is 0. The third-order valence-electron chi connectivity index (χ3n) is 3.71. The number of aliphatic hydroxyl groups excluding tert-OH is 1. The molecule has 0 radical (unpaired) electrons. The molecular weight excluding hydrogens is 252 g/mol. The van der Waals surface area contributed by atoms with Gasteiger partial charge in [0.15, 0.2) is 0 Å². The van der Waals surface area contributed by atoms with E-state index in [1.165, 1.54) is 6.42 Å². The number of nitrogens with one attached hydrogen (secondary N) is 2. The molecule has 20 heavy (non-hydrogen) atoms. The molecule has 1 saturated carbocycles. The number of aromatic nitrogens is 2. The van der Waals surface area contributed by atoms with Crippen molar-refractivity contribution in [3.63, 3.8) is 0 Å². The van der Waals surface area contributed by atoms with Crippen LogP contribution in [0.2, 0.25) is 0 Å². The van der Waals surface area contributed by atoms with Gasteiger partial charge in [-0.3, -0.25) is 0 Å². The second kappa shape index (κ2) is 7.43. The fraction of sp³-hybridized carbons (Fsp3) is 0.733. The Kier molecular flexibility index (Phi) is 5.59. The maximum Gasteiger partial charge on any atom is 0.132 e. The fourth-order valence-electron chi connectivity index (χ4n) is 2.54. The molecule has 0 saturated heterocycles. The smallest absolute Gasteiger partial charge is 0.132 e. The van der Waals surface area contributed by atoms with Crippen LogP contribution in [0.25, 0.3) is 0 Å². The van der Waals surface area contributed by atoms with E-state index in [1.54, 1.807) is 0 Å². The molecule has 0 aromatic carbocycles. The van der Waals surface area contributed by atoms with Gasteiger partial charge in [0.05, 0.1) is 12.1 Å². The molecule has 0 spiro atoms. The number of aliphatic hydroxyl groups is 1. The molecule has 2 atom stereocenters. The average Bonchev–Trinajstić information content (AvgIpc) is 2.47. The standard InChI is InChI=1S/C15H26N4O/c1-3-9-16-14-10-15(19-13(4-2)18-14)17-11-7-5-6-8-12(11)20/h10-12,20H,3-9H2,1-2H3,(H2,16,17,18,19). The Morgan fingerprint density at radius 3 is 2.65 bits per heavy atom. The van der Waals surface area contributed by atoms with Gasteiger partial charge < -0.3 is 15.7 Å². The SMILES string of the molecule is CCCNc1cc(NC2CCCCC2O)nc(CC)n1. The van der Waals surface area contributed by atoms with E-state index < -0.39 is 0 Å². The lowest BCUT2D eigenvalue weighted by Crippen LogP contribution is -2.36. The Labute approximate surface area is 121 Å². The molecule has 1 aliphatic carbocycles. The van der Waals surface area contributed by atoms with Crippen molar-refractivity contribution >= 4 is 11.6 Å². The van der Waals surface area contributed by atoms with Gasteiger partial charge in [0.2, 0.25) is 0 Å². The van der Waals surface area contributed by atoms with Gasteiger partial charge in [-0.05, 0) is 19.3 Å². The number of nitrogens with zero attached hydrogens (tertiary/aromatic N) is 2. The molecule has 1 aliphatic rings. The third-order valence-corrected chi connectivity index (χ3v) is 3.71.